The average Bonchev–Trinajstić information content (AvgIpc) is 3.41. The third kappa shape index (κ3) is 3.41. The van der Waals surface area contributed by atoms with E-state index in [0.717, 1.165) is 12.8 Å². The van der Waals surface area contributed by atoms with E-state index in [9.17, 15) is 14.0 Å². The molecular formula is C21H21FN6O3. The van der Waals surface area contributed by atoms with Crippen molar-refractivity contribution in [2.75, 3.05) is 24.5 Å². The fourth-order valence-electron chi connectivity index (χ4n) is 4.23. The molecule has 1 atom stereocenters. The molecule has 1 saturated heterocycles. The first-order valence-corrected chi connectivity index (χ1v) is 10.2. The Bertz CT molecular complexity index is 1170. The van der Waals surface area contributed by atoms with Crippen LogP contribution in [0.5, 0.6) is 5.88 Å². The monoisotopic (exact) mass is 424 g/mol. The molecule has 1 aliphatic carbocycles. The number of benzene rings is 1. The predicted octanol–water partition coefficient (Wildman–Crippen LogP) is 0.355. The second-order valence-corrected chi connectivity index (χ2v) is 8.31. The molecule has 1 aromatic heterocycles. The highest BCUT2D eigenvalue weighted by atomic mass is 19.1. The van der Waals surface area contributed by atoms with Crippen molar-refractivity contribution in [2.45, 2.75) is 37.6 Å². The molecule has 0 radical (unpaired) electrons. The molecule has 31 heavy (non-hydrogen) atoms. The van der Waals surface area contributed by atoms with Crippen LogP contribution in [-0.4, -0.2) is 51.6 Å². The number of fused-ring (bicyclic) bond motifs is 3. The molecule has 9 nitrogen and oxygen atoms in total. The number of nitriles is 1. The van der Waals surface area contributed by atoms with Gasteiger partial charge in [0.05, 0.1) is 23.7 Å². The fourth-order valence-corrected chi connectivity index (χ4v) is 4.23. The average molecular weight is 424 g/mol. The van der Waals surface area contributed by atoms with Gasteiger partial charge in [0.2, 0.25) is 11.8 Å². The quantitative estimate of drug-likeness (QED) is 0.753. The van der Waals surface area contributed by atoms with Crippen LogP contribution in [-0.2, 0) is 17.9 Å². The number of carbonyl (C=O) groups is 1. The third-order valence-corrected chi connectivity index (χ3v) is 6.18. The highest BCUT2D eigenvalue weighted by molar-refractivity contribution is 5.89. The summed E-state index contributed by atoms with van der Waals surface area (Å²) in [4.78, 5) is 33.1. The lowest BCUT2D eigenvalue weighted by Crippen LogP contribution is -2.57. The van der Waals surface area contributed by atoms with Gasteiger partial charge in [-0.3, -0.25) is 9.36 Å². The van der Waals surface area contributed by atoms with Crippen LogP contribution < -0.4 is 21.1 Å². The zero-order valence-corrected chi connectivity index (χ0v) is 16.8. The van der Waals surface area contributed by atoms with Crippen LogP contribution in [0.15, 0.2) is 29.1 Å². The smallest absolute Gasteiger partial charge is 0.352 e. The summed E-state index contributed by atoms with van der Waals surface area (Å²) in [6.07, 6.45) is 1.45. The minimum Gasteiger partial charge on any atom is -0.473 e. The Hall–Kier alpha value is -3.45. The van der Waals surface area contributed by atoms with Gasteiger partial charge in [0, 0.05) is 25.7 Å². The first-order valence-electron chi connectivity index (χ1n) is 10.2. The van der Waals surface area contributed by atoms with Crippen LogP contribution >= 0.6 is 0 Å². The Kier molecular flexibility index (Phi) is 4.44. The zero-order valence-electron chi connectivity index (χ0n) is 16.8. The van der Waals surface area contributed by atoms with Crippen LogP contribution in [0.1, 0.15) is 24.0 Å². The summed E-state index contributed by atoms with van der Waals surface area (Å²) in [6, 6.07) is 7.62. The highest BCUT2D eigenvalue weighted by Crippen LogP contribution is 2.36. The normalized spacial score (nSPS) is 20.6. The second-order valence-electron chi connectivity index (χ2n) is 8.31. The van der Waals surface area contributed by atoms with E-state index < -0.39 is 17.0 Å². The van der Waals surface area contributed by atoms with Gasteiger partial charge in [0.15, 0.2) is 0 Å². The standard InChI is InChI=1S/C21H21FN6O3/c22-16-2-1-13(7-14(16)9-23)12-31-17-8-18-27-6-5-26(19(29)21(24)3-4-21)10-15(27)11-28(18)20(30)25-17/h1-2,7-8,15H,3-6,10-12,24H2. The molecule has 1 aromatic carbocycles. The van der Waals surface area contributed by atoms with Crippen LogP contribution in [0.2, 0.25) is 0 Å². The Labute approximate surface area is 177 Å². The number of amides is 1. The molecule has 3 heterocycles. The number of nitrogens with two attached hydrogens (primary N) is 1. The molecule has 5 rings (SSSR count). The number of rotatable bonds is 4. The lowest BCUT2D eigenvalue weighted by Gasteiger charge is -2.39. The van der Waals surface area contributed by atoms with Gasteiger partial charge in [-0.2, -0.15) is 10.2 Å². The molecule has 10 heteroatoms. The topological polar surface area (TPSA) is 117 Å². The van der Waals surface area contributed by atoms with Gasteiger partial charge in [-0.25, -0.2) is 9.18 Å². The summed E-state index contributed by atoms with van der Waals surface area (Å²) < 4.78 is 20.7. The lowest BCUT2D eigenvalue weighted by molar-refractivity contribution is -0.134. The van der Waals surface area contributed by atoms with E-state index in [0.29, 0.717) is 37.6 Å². The summed E-state index contributed by atoms with van der Waals surface area (Å²) in [5, 5.41) is 8.96. The number of carbonyl (C=O) groups excluding carboxylic acids is 1. The number of anilines is 1. The van der Waals surface area contributed by atoms with E-state index >= 15 is 0 Å². The zero-order chi connectivity index (χ0) is 21.8. The molecule has 1 unspecified atom stereocenters. The van der Waals surface area contributed by atoms with Gasteiger partial charge in [0.25, 0.3) is 0 Å². The molecule has 1 amide bonds. The number of hydrogen-bond acceptors (Lipinski definition) is 7. The van der Waals surface area contributed by atoms with Crippen molar-refractivity contribution >= 4 is 11.7 Å². The molecule has 2 aliphatic heterocycles. The van der Waals surface area contributed by atoms with Crippen molar-refractivity contribution in [2.24, 2.45) is 5.73 Å². The number of halogens is 1. The Balaban J connectivity index is 1.31. The van der Waals surface area contributed by atoms with Crippen molar-refractivity contribution in [3.63, 3.8) is 0 Å². The maximum atomic E-state index is 13.5. The van der Waals surface area contributed by atoms with Crippen molar-refractivity contribution in [3.8, 4) is 11.9 Å². The molecular weight excluding hydrogens is 403 g/mol. The van der Waals surface area contributed by atoms with E-state index in [2.05, 4.69) is 9.88 Å². The van der Waals surface area contributed by atoms with Crippen LogP contribution in [0.3, 0.4) is 0 Å². The molecule has 2 aromatic rings. The van der Waals surface area contributed by atoms with Gasteiger partial charge in [0.1, 0.15) is 24.3 Å². The van der Waals surface area contributed by atoms with Gasteiger partial charge in [-0.05, 0) is 30.5 Å². The third-order valence-electron chi connectivity index (χ3n) is 6.18. The number of hydrogen-bond donors (Lipinski definition) is 1. The van der Waals surface area contributed by atoms with Gasteiger partial charge < -0.3 is 20.3 Å². The summed E-state index contributed by atoms with van der Waals surface area (Å²) >= 11 is 0. The van der Waals surface area contributed by atoms with Gasteiger partial charge >= 0.3 is 5.69 Å². The van der Waals surface area contributed by atoms with E-state index in [4.69, 9.17) is 15.7 Å². The largest absolute Gasteiger partial charge is 0.473 e. The minimum atomic E-state index is -0.696. The fraction of sp³-hybridized carbons (Fsp3) is 0.429. The number of ether oxygens (including phenoxy) is 1. The van der Waals surface area contributed by atoms with E-state index in [1.165, 1.54) is 18.2 Å². The molecule has 2 N–H and O–H groups in total. The van der Waals surface area contributed by atoms with Gasteiger partial charge in [-0.15, -0.1) is 0 Å². The summed E-state index contributed by atoms with van der Waals surface area (Å²) in [7, 11) is 0. The maximum absolute atomic E-state index is 13.5. The summed E-state index contributed by atoms with van der Waals surface area (Å²) in [5.41, 5.74) is 5.48. The Morgan fingerprint density at radius 3 is 2.87 bits per heavy atom. The predicted molar refractivity (Wildman–Crippen MR) is 108 cm³/mol. The van der Waals surface area contributed by atoms with Crippen LogP contribution in [0, 0.1) is 17.1 Å². The summed E-state index contributed by atoms with van der Waals surface area (Å²) in [5.74, 6) is 0.273. The first-order chi connectivity index (χ1) is 14.9. The van der Waals surface area contributed by atoms with Crippen molar-refractivity contribution in [1.82, 2.24) is 14.5 Å². The number of aromatic nitrogens is 2. The van der Waals surface area contributed by atoms with E-state index in [1.807, 2.05) is 0 Å². The Morgan fingerprint density at radius 1 is 1.32 bits per heavy atom. The molecule has 160 valence electrons. The highest BCUT2D eigenvalue weighted by Gasteiger charge is 2.49. The van der Waals surface area contributed by atoms with Crippen molar-refractivity contribution < 1.29 is 13.9 Å². The summed E-state index contributed by atoms with van der Waals surface area (Å²) in [6.45, 7) is 2.16. The second kappa shape index (κ2) is 7.06. The SMILES string of the molecule is N#Cc1cc(COc2cc3n(c(=O)n2)CC2CN(C(=O)C4(N)CC4)CCN32)ccc1F. The maximum Gasteiger partial charge on any atom is 0.352 e. The molecule has 0 spiro atoms. The number of nitrogens with zero attached hydrogens (tertiary/aromatic N) is 5. The van der Waals surface area contributed by atoms with Crippen molar-refractivity contribution in [1.29, 1.82) is 5.26 Å². The Morgan fingerprint density at radius 2 is 2.13 bits per heavy atom. The minimum absolute atomic E-state index is 0.00589. The lowest BCUT2D eigenvalue weighted by atomic mass is 10.1. The van der Waals surface area contributed by atoms with E-state index in [1.54, 1.807) is 21.6 Å². The molecule has 2 fully saturated rings. The van der Waals surface area contributed by atoms with Gasteiger partial charge in [-0.1, -0.05) is 6.07 Å². The van der Waals surface area contributed by atoms with Crippen LogP contribution in [0.4, 0.5) is 10.2 Å². The number of piperazine rings is 1. The van der Waals surface area contributed by atoms with E-state index in [-0.39, 0.29) is 30.0 Å². The molecule has 3 aliphatic rings. The van der Waals surface area contributed by atoms with Crippen LogP contribution in [0.25, 0.3) is 0 Å². The van der Waals surface area contributed by atoms with Crippen molar-refractivity contribution in [3.05, 3.63) is 51.7 Å². The first kappa shape index (κ1) is 19.5. The molecule has 0 bridgehead atoms. The molecule has 1 saturated carbocycles.